The van der Waals surface area contributed by atoms with Crippen LogP contribution in [0.5, 0.6) is 0 Å². The topological polar surface area (TPSA) is 98.1 Å². The molecule has 2 N–H and O–H groups in total. The Labute approximate surface area is 165 Å². The predicted octanol–water partition coefficient (Wildman–Crippen LogP) is 4.20. The quantitative estimate of drug-likeness (QED) is 0.525. The van der Waals surface area contributed by atoms with Crippen LogP contribution in [0.4, 0.5) is 21.6 Å². The molecule has 0 fully saturated rings. The van der Waals surface area contributed by atoms with Crippen molar-refractivity contribution in [1.29, 1.82) is 0 Å². The highest BCUT2D eigenvalue weighted by Gasteiger charge is 2.28. The van der Waals surface area contributed by atoms with Gasteiger partial charge in [-0.05, 0) is 54.6 Å². The van der Waals surface area contributed by atoms with E-state index >= 15 is 0 Å². The molecule has 1 amide bonds. The van der Waals surface area contributed by atoms with Crippen LogP contribution in [-0.2, 0) is 4.79 Å². The second kappa shape index (κ2) is 7.51. The van der Waals surface area contributed by atoms with Gasteiger partial charge in [0.05, 0.1) is 16.9 Å². The number of halogens is 1. The van der Waals surface area contributed by atoms with E-state index in [9.17, 15) is 9.18 Å². The smallest absolute Gasteiger partial charge is 0.248 e. The molecule has 2 heterocycles. The third-order valence-corrected chi connectivity index (χ3v) is 4.30. The average molecular weight is 389 g/mol. The van der Waals surface area contributed by atoms with Crippen LogP contribution in [0.15, 0.2) is 71.6 Å². The van der Waals surface area contributed by atoms with Gasteiger partial charge in [-0.2, -0.15) is 0 Å². The van der Waals surface area contributed by atoms with Gasteiger partial charge in [0.25, 0.3) is 0 Å². The zero-order valence-corrected chi connectivity index (χ0v) is 15.4. The Morgan fingerprint density at radius 3 is 2.41 bits per heavy atom. The zero-order valence-electron chi connectivity index (χ0n) is 15.4. The summed E-state index contributed by atoms with van der Waals surface area (Å²) >= 11 is 0. The van der Waals surface area contributed by atoms with E-state index in [4.69, 9.17) is 10.3 Å². The van der Waals surface area contributed by atoms with Gasteiger partial charge in [0.2, 0.25) is 11.8 Å². The first-order chi connectivity index (χ1) is 14.0. The Morgan fingerprint density at radius 1 is 1.07 bits per heavy atom. The lowest BCUT2D eigenvalue weighted by atomic mass is 10.0. The Hall–Kier alpha value is -4.07. The van der Waals surface area contributed by atoms with Crippen LogP contribution in [0.3, 0.4) is 0 Å². The lowest BCUT2D eigenvalue weighted by Crippen LogP contribution is -2.22. The summed E-state index contributed by atoms with van der Waals surface area (Å²) in [5.74, 6) is -0.458. The molecule has 4 aromatic rings. The highest BCUT2D eigenvalue weighted by atomic mass is 19.1. The van der Waals surface area contributed by atoms with E-state index < -0.39 is 0 Å². The van der Waals surface area contributed by atoms with Gasteiger partial charge in [0.1, 0.15) is 17.8 Å². The summed E-state index contributed by atoms with van der Waals surface area (Å²) < 4.78 is 19.0. The Bertz CT molecular complexity index is 1140. The Kier molecular flexibility index (Phi) is 4.74. The lowest BCUT2D eigenvalue weighted by Gasteiger charge is -2.19. The van der Waals surface area contributed by atoms with Gasteiger partial charge in [-0.15, -0.1) is 0 Å². The number of carbonyl (C=O) groups is 1. The first-order valence-electron chi connectivity index (χ1n) is 8.73. The number of nitrogen functional groups attached to an aromatic ring is 1. The molecule has 0 aliphatic rings. The second-order valence-electron chi connectivity index (χ2n) is 6.26. The SMILES string of the molecule is CC(=O)N(c1ccc(N)cc1)c1onc(-c2ccc(F)cc2)c1-c1ccncn1. The lowest BCUT2D eigenvalue weighted by molar-refractivity contribution is -0.116. The molecule has 0 saturated heterocycles. The summed E-state index contributed by atoms with van der Waals surface area (Å²) in [6, 6.07) is 14.3. The van der Waals surface area contributed by atoms with Crippen molar-refractivity contribution in [2.75, 3.05) is 10.6 Å². The van der Waals surface area contributed by atoms with E-state index in [1.165, 1.54) is 30.3 Å². The number of nitrogens with two attached hydrogens (primary N) is 1. The van der Waals surface area contributed by atoms with Crippen molar-refractivity contribution in [3.8, 4) is 22.5 Å². The molecule has 29 heavy (non-hydrogen) atoms. The number of hydrogen-bond acceptors (Lipinski definition) is 6. The van der Waals surface area contributed by atoms with Crippen molar-refractivity contribution in [2.45, 2.75) is 6.92 Å². The van der Waals surface area contributed by atoms with Crippen LogP contribution < -0.4 is 10.6 Å². The standard InChI is InChI=1S/C21H16FN5O2/c1-13(28)27(17-8-6-16(23)7-9-17)21-19(18-10-11-24-12-25-18)20(26-29-21)14-2-4-15(22)5-3-14/h2-12H,23H2,1H3. The molecule has 0 spiro atoms. The second-order valence-corrected chi connectivity index (χ2v) is 6.26. The maximum absolute atomic E-state index is 13.4. The highest BCUT2D eigenvalue weighted by Crippen LogP contribution is 2.41. The number of hydrogen-bond donors (Lipinski definition) is 1. The number of benzene rings is 2. The summed E-state index contributed by atoms with van der Waals surface area (Å²) in [6.07, 6.45) is 2.97. The van der Waals surface area contributed by atoms with Crippen molar-refractivity contribution < 1.29 is 13.7 Å². The van der Waals surface area contributed by atoms with Gasteiger partial charge in [0, 0.05) is 24.4 Å². The summed E-state index contributed by atoms with van der Waals surface area (Å²) in [4.78, 5) is 22.1. The summed E-state index contributed by atoms with van der Waals surface area (Å²) in [6.45, 7) is 1.42. The third-order valence-electron chi connectivity index (χ3n) is 4.30. The molecule has 0 atom stereocenters. The fourth-order valence-corrected chi connectivity index (χ4v) is 2.97. The fourth-order valence-electron chi connectivity index (χ4n) is 2.97. The van der Waals surface area contributed by atoms with E-state index in [2.05, 4.69) is 15.1 Å². The van der Waals surface area contributed by atoms with Gasteiger partial charge in [0.15, 0.2) is 0 Å². The normalized spacial score (nSPS) is 10.7. The molecule has 0 unspecified atom stereocenters. The van der Waals surface area contributed by atoms with Crippen LogP contribution in [0.1, 0.15) is 6.92 Å². The fraction of sp³-hybridized carbons (Fsp3) is 0.0476. The van der Waals surface area contributed by atoms with Gasteiger partial charge < -0.3 is 10.3 Å². The number of carbonyl (C=O) groups excluding carboxylic acids is 1. The van der Waals surface area contributed by atoms with Gasteiger partial charge in [-0.3, -0.25) is 4.79 Å². The van der Waals surface area contributed by atoms with E-state index in [0.717, 1.165) is 0 Å². The molecule has 0 radical (unpaired) electrons. The molecule has 4 rings (SSSR count). The summed E-state index contributed by atoms with van der Waals surface area (Å²) in [7, 11) is 0. The van der Waals surface area contributed by atoms with Crippen molar-refractivity contribution in [2.24, 2.45) is 0 Å². The van der Waals surface area contributed by atoms with E-state index in [0.29, 0.717) is 33.9 Å². The first-order valence-corrected chi connectivity index (χ1v) is 8.73. The van der Waals surface area contributed by atoms with Crippen molar-refractivity contribution in [3.05, 3.63) is 72.9 Å². The van der Waals surface area contributed by atoms with Crippen LogP contribution in [-0.4, -0.2) is 21.0 Å². The molecule has 0 bridgehead atoms. The van der Waals surface area contributed by atoms with Crippen LogP contribution >= 0.6 is 0 Å². The largest absolute Gasteiger partial charge is 0.399 e. The number of rotatable bonds is 4. The first kappa shape index (κ1) is 18.3. The maximum atomic E-state index is 13.4. The molecule has 2 aromatic carbocycles. The van der Waals surface area contributed by atoms with Crippen LogP contribution in [0, 0.1) is 5.82 Å². The molecule has 2 aromatic heterocycles. The number of amides is 1. The molecule has 7 nitrogen and oxygen atoms in total. The van der Waals surface area contributed by atoms with Gasteiger partial charge in [-0.25, -0.2) is 19.3 Å². The summed E-state index contributed by atoms with van der Waals surface area (Å²) in [5.41, 5.74) is 8.95. The average Bonchev–Trinajstić information content (AvgIpc) is 3.15. The molecule has 0 aliphatic carbocycles. The van der Waals surface area contributed by atoms with Gasteiger partial charge in [-0.1, -0.05) is 5.16 Å². The van der Waals surface area contributed by atoms with Crippen molar-refractivity contribution >= 4 is 23.2 Å². The minimum atomic E-state index is -0.367. The van der Waals surface area contributed by atoms with Gasteiger partial charge >= 0.3 is 0 Å². The maximum Gasteiger partial charge on any atom is 0.248 e. The minimum absolute atomic E-state index is 0.195. The molecule has 0 saturated carbocycles. The third kappa shape index (κ3) is 3.55. The number of aromatic nitrogens is 3. The zero-order chi connectivity index (χ0) is 20.4. The Morgan fingerprint density at radius 2 is 1.79 bits per heavy atom. The Balaban J connectivity index is 1.94. The minimum Gasteiger partial charge on any atom is -0.399 e. The summed E-state index contributed by atoms with van der Waals surface area (Å²) in [5, 5.41) is 4.16. The molecular weight excluding hydrogens is 373 g/mol. The molecule has 8 heteroatoms. The molecule has 0 aliphatic heterocycles. The van der Waals surface area contributed by atoms with Crippen LogP contribution in [0.2, 0.25) is 0 Å². The van der Waals surface area contributed by atoms with Crippen molar-refractivity contribution in [1.82, 2.24) is 15.1 Å². The molecular formula is C21H16FN5O2. The van der Waals surface area contributed by atoms with E-state index in [1.807, 2.05) is 0 Å². The van der Waals surface area contributed by atoms with E-state index in [-0.39, 0.29) is 17.6 Å². The number of nitrogens with zero attached hydrogens (tertiary/aromatic N) is 4. The predicted molar refractivity (Wildman–Crippen MR) is 107 cm³/mol. The van der Waals surface area contributed by atoms with E-state index in [1.54, 1.807) is 48.7 Å². The highest BCUT2D eigenvalue weighted by molar-refractivity contribution is 6.03. The number of anilines is 3. The monoisotopic (exact) mass is 389 g/mol. The molecule has 144 valence electrons. The van der Waals surface area contributed by atoms with Crippen molar-refractivity contribution in [3.63, 3.8) is 0 Å². The van der Waals surface area contributed by atoms with Crippen LogP contribution in [0.25, 0.3) is 22.5 Å².